The molecule has 1 aromatic heterocycles. The highest BCUT2D eigenvalue weighted by atomic mass is 35.5. The summed E-state index contributed by atoms with van der Waals surface area (Å²) in [6.45, 7) is 0. The molecule has 0 aliphatic carbocycles. The predicted molar refractivity (Wildman–Crippen MR) is 71.5 cm³/mol. The minimum Gasteiger partial charge on any atom is -0.435 e. The van der Waals surface area contributed by atoms with Crippen LogP contribution in [0.15, 0.2) is 24.3 Å². The molecule has 2 rings (SSSR count). The molecule has 0 unspecified atom stereocenters. The first-order valence-electron chi connectivity index (χ1n) is 5.03. The van der Waals surface area contributed by atoms with Crippen molar-refractivity contribution in [1.29, 1.82) is 0 Å². The summed E-state index contributed by atoms with van der Waals surface area (Å²) in [5.74, 6) is -0.237. The molecular formula is C11H8Cl2N4O2. The van der Waals surface area contributed by atoms with Gasteiger partial charge in [0.25, 0.3) is 5.91 Å². The highest BCUT2D eigenvalue weighted by Crippen LogP contribution is 2.34. The molecular weight excluding hydrogens is 291 g/mol. The van der Waals surface area contributed by atoms with Crippen LogP contribution in [0.25, 0.3) is 0 Å². The average Bonchev–Trinajstić information content (AvgIpc) is 2.36. The molecule has 0 fully saturated rings. The monoisotopic (exact) mass is 298 g/mol. The third-order valence-corrected chi connectivity index (χ3v) is 2.88. The number of halogens is 2. The number of amides is 1. The van der Waals surface area contributed by atoms with Crippen LogP contribution in [0.5, 0.6) is 11.6 Å². The zero-order valence-corrected chi connectivity index (χ0v) is 10.9. The van der Waals surface area contributed by atoms with Crippen molar-refractivity contribution >= 4 is 34.8 Å². The van der Waals surface area contributed by atoms with Crippen LogP contribution >= 0.6 is 23.2 Å². The molecule has 19 heavy (non-hydrogen) atoms. The number of nitrogens with zero attached hydrogens (tertiary/aromatic N) is 2. The lowest BCUT2D eigenvalue weighted by Gasteiger charge is -2.08. The molecule has 8 heteroatoms. The maximum atomic E-state index is 10.8. The molecule has 0 bridgehead atoms. The number of aromatic nitrogens is 2. The van der Waals surface area contributed by atoms with E-state index in [0.717, 1.165) is 0 Å². The molecule has 0 saturated heterocycles. The van der Waals surface area contributed by atoms with E-state index < -0.39 is 5.91 Å². The Morgan fingerprint density at radius 1 is 1.16 bits per heavy atom. The van der Waals surface area contributed by atoms with Crippen LogP contribution < -0.4 is 16.2 Å². The summed E-state index contributed by atoms with van der Waals surface area (Å²) in [4.78, 5) is 10.8. The van der Waals surface area contributed by atoms with Gasteiger partial charge in [-0.15, -0.1) is 10.2 Å². The van der Waals surface area contributed by atoms with E-state index in [0.29, 0.717) is 15.7 Å². The molecule has 0 spiro atoms. The molecule has 6 nitrogen and oxygen atoms in total. The van der Waals surface area contributed by atoms with E-state index in [9.17, 15) is 4.79 Å². The van der Waals surface area contributed by atoms with Gasteiger partial charge in [-0.25, -0.2) is 0 Å². The first-order chi connectivity index (χ1) is 8.97. The van der Waals surface area contributed by atoms with Crippen molar-refractivity contribution in [3.8, 4) is 11.6 Å². The Balaban J connectivity index is 2.26. The van der Waals surface area contributed by atoms with Gasteiger partial charge in [0.2, 0.25) is 5.88 Å². The first-order valence-corrected chi connectivity index (χ1v) is 5.79. The molecule has 1 amide bonds. The van der Waals surface area contributed by atoms with Gasteiger partial charge in [-0.2, -0.15) is 0 Å². The molecule has 4 N–H and O–H groups in total. The minimum absolute atomic E-state index is 0.0365. The topological polar surface area (TPSA) is 104 Å². The Hall–Kier alpha value is -2.05. The minimum atomic E-state index is -0.673. The lowest BCUT2D eigenvalue weighted by Crippen LogP contribution is -2.13. The average molecular weight is 299 g/mol. The summed E-state index contributed by atoms with van der Waals surface area (Å²) in [6.07, 6.45) is 0. The van der Waals surface area contributed by atoms with Crippen LogP contribution in [0.4, 0.5) is 5.69 Å². The zero-order chi connectivity index (χ0) is 14.0. The van der Waals surface area contributed by atoms with E-state index in [2.05, 4.69) is 10.2 Å². The summed E-state index contributed by atoms with van der Waals surface area (Å²) >= 11 is 11.7. The van der Waals surface area contributed by atoms with E-state index in [1.54, 1.807) is 0 Å². The van der Waals surface area contributed by atoms with Crippen LogP contribution in [0.1, 0.15) is 10.5 Å². The highest BCUT2D eigenvalue weighted by Gasteiger charge is 2.09. The van der Waals surface area contributed by atoms with Crippen molar-refractivity contribution in [2.24, 2.45) is 5.73 Å². The second-order valence-corrected chi connectivity index (χ2v) is 4.34. The van der Waals surface area contributed by atoms with Gasteiger partial charge in [-0.3, -0.25) is 4.79 Å². The summed E-state index contributed by atoms with van der Waals surface area (Å²) < 4.78 is 5.39. The third-order valence-electron chi connectivity index (χ3n) is 2.16. The Morgan fingerprint density at radius 3 is 2.42 bits per heavy atom. The second-order valence-electron chi connectivity index (χ2n) is 3.53. The largest absolute Gasteiger partial charge is 0.435 e. The maximum Gasteiger partial charge on any atom is 0.269 e. The molecule has 0 radical (unpaired) electrons. The Kier molecular flexibility index (Phi) is 3.73. The highest BCUT2D eigenvalue weighted by molar-refractivity contribution is 6.42. The number of hydrogen-bond acceptors (Lipinski definition) is 5. The van der Waals surface area contributed by atoms with Crippen molar-refractivity contribution in [1.82, 2.24) is 10.2 Å². The molecule has 1 aromatic carbocycles. The number of ether oxygens (including phenoxy) is 1. The van der Waals surface area contributed by atoms with Crippen LogP contribution in [0.2, 0.25) is 10.0 Å². The van der Waals surface area contributed by atoms with Gasteiger partial charge in [-0.1, -0.05) is 23.2 Å². The van der Waals surface area contributed by atoms with Gasteiger partial charge in [-0.05, 0) is 12.1 Å². The summed E-state index contributed by atoms with van der Waals surface area (Å²) in [5, 5.41) is 7.90. The van der Waals surface area contributed by atoms with Crippen molar-refractivity contribution in [3.05, 3.63) is 40.0 Å². The van der Waals surface area contributed by atoms with Crippen LogP contribution in [0, 0.1) is 0 Å². The second kappa shape index (κ2) is 5.29. The number of carbonyl (C=O) groups is 1. The molecule has 0 saturated carbocycles. The first kappa shape index (κ1) is 13.4. The van der Waals surface area contributed by atoms with Gasteiger partial charge >= 0.3 is 0 Å². The normalized spacial score (nSPS) is 10.2. The summed E-state index contributed by atoms with van der Waals surface area (Å²) in [7, 11) is 0. The van der Waals surface area contributed by atoms with Gasteiger partial charge < -0.3 is 16.2 Å². The molecule has 98 valence electrons. The van der Waals surface area contributed by atoms with Crippen molar-refractivity contribution in [3.63, 3.8) is 0 Å². The summed E-state index contributed by atoms with van der Waals surface area (Å²) in [5.41, 5.74) is 11.1. The number of hydrogen-bond donors (Lipinski definition) is 2. The van der Waals surface area contributed by atoms with E-state index >= 15 is 0 Å². The summed E-state index contributed by atoms with van der Waals surface area (Å²) in [6, 6.07) is 5.75. The van der Waals surface area contributed by atoms with Gasteiger partial charge in [0.15, 0.2) is 11.4 Å². The molecule has 1 heterocycles. The van der Waals surface area contributed by atoms with Gasteiger partial charge in [0.1, 0.15) is 0 Å². The van der Waals surface area contributed by atoms with Crippen LogP contribution in [-0.2, 0) is 0 Å². The fourth-order valence-electron chi connectivity index (χ4n) is 1.25. The lowest BCUT2D eigenvalue weighted by atomic mass is 10.3. The zero-order valence-electron chi connectivity index (χ0n) is 9.43. The predicted octanol–water partition coefficient (Wildman–Crippen LogP) is 2.26. The van der Waals surface area contributed by atoms with E-state index in [1.807, 2.05) is 0 Å². The van der Waals surface area contributed by atoms with Gasteiger partial charge in [0.05, 0.1) is 15.7 Å². The molecule has 2 aromatic rings. The lowest BCUT2D eigenvalue weighted by molar-refractivity contribution is 0.0994. The number of rotatable bonds is 3. The SMILES string of the molecule is NC(=O)c1ccc(Oc2cc(Cl)c(Cl)cc2N)nn1. The van der Waals surface area contributed by atoms with E-state index in [-0.39, 0.29) is 17.3 Å². The Labute approximate surface area is 118 Å². The number of anilines is 1. The number of carbonyl (C=O) groups excluding carboxylic acids is 1. The smallest absolute Gasteiger partial charge is 0.269 e. The van der Waals surface area contributed by atoms with E-state index in [4.69, 9.17) is 39.4 Å². The Bertz CT molecular complexity index is 631. The maximum absolute atomic E-state index is 10.8. The van der Waals surface area contributed by atoms with E-state index in [1.165, 1.54) is 24.3 Å². The van der Waals surface area contributed by atoms with Crippen molar-refractivity contribution < 1.29 is 9.53 Å². The Morgan fingerprint density at radius 2 is 1.84 bits per heavy atom. The quantitative estimate of drug-likeness (QED) is 0.846. The molecule has 0 atom stereocenters. The van der Waals surface area contributed by atoms with Crippen molar-refractivity contribution in [2.45, 2.75) is 0 Å². The molecule has 0 aliphatic heterocycles. The number of primary amides is 1. The van der Waals surface area contributed by atoms with Crippen LogP contribution in [-0.4, -0.2) is 16.1 Å². The van der Waals surface area contributed by atoms with Crippen molar-refractivity contribution in [2.75, 3.05) is 5.73 Å². The number of nitrogen functional groups attached to an aromatic ring is 1. The number of nitrogens with two attached hydrogens (primary N) is 2. The number of benzene rings is 1. The standard InChI is InChI=1S/C11H8Cl2N4O2/c12-5-3-7(14)9(4-6(5)13)19-10-2-1-8(11(15)18)16-17-10/h1-4H,14H2,(H2,15,18). The molecule has 0 aliphatic rings. The van der Waals surface area contributed by atoms with Gasteiger partial charge in [0, 0.05) is 12.1 Å². The third kappa shape index (κ3) is 3.04. The van der Waals surface area contributed by atoms with Crippen LogP contribution in [0.3, 0.4) is 0 Å². The fraction of sp³-hybridized carbons (Fsp3) is 0. The fourth-order valence-corrected chi connectivity index (χ4v) is 1.58.